The van der Waals surface area contributed by atoms with Crippen LogP contribution in [0, 0.1) is 0 Å². The first-order valence-corrected chi connectivity index (χ1v) is 10.2. The number of Topliss-reactive ketones (excluding diaryl/α,β-unsaturated/α-hetero) is 1. The Hall–Kier alpha value is -3.52. The molecule has 32 heavy (non-hydrogen) atoms. The summed E-state index contributed by atoms with van der Waals surface area (Å²) < 4.78 is 16.2. The molecular weight excluding hydrogens is 412 g/mol. The number of benzene rings is 2. The maximum absolute atomic E-state index is 13.5. The van der Waals surface area contributed by atoms with Crippen LogP contribution < -0.4 is 24.2 Å². The van der Waals surface area contributed by atoms with Gasteiger partial charge in [-0.05, 0) is 23.8 Å². The second-order valence-corrected chi connectivity index (χ2v) is 7.74. The summed E-state index contributed by atoms with van der Waals surface area (Å²) in [5, 5.41) is 13.5. The zero-order valence-electron chi connectivity index (χ0n) is 18.9. The molecule has 1 saturated heterocycles. The highest BCUT2D eigenvalue weighted by Crippen LogP contribution is 2.45. The van der Waals surface area contributed by atoms with E-state index in [1.54, 1.807) is 42.5 Å². The SMILES string of the molecule is COc1cccc(/C([O-])=C2\C(=O)C(=O)N(CC[NH+](C)C)C2c2cccc(OC)c2OC)c1. The van der Waals surface area contributed by atoms with Gasteiger partial charge in [0.25, 0.3) is 5.91 Å². The predicted molar refractivity (Wildman–Crippen MR) is 117 cm³/mol. The summed E-state index contributed by atoms with van der Waals surface area (Å²) in [6.07, 6.45) is 0. The summed E-state index contributed by atoms with van der Waals surface area (Å²) in [6.45, 7) is 0.898. The molecule has 1 N–H and O–H groups in total. The summed E-state index contributed by atoms with van der Waals surface area (Å²) in [5.41, 5.74) is 0.682. The number of ether oxygens (including phenoxy) is 3. The number of ketones is 1. The fourth-order valence-corrected chi connectivity index (χ4v) is 3.82. The molecule has 2 aromatic carbocycles. The minimum absolute atomic E-state index is 0.108. The number of nitrogens with zero attached hydrogens (tertiary/aromatic N) is 1. The number of para-hydroxylation sites is 1. The van der Waals surface area contributed by atoms with Crippen molar-refractivity contribution in [2.24, 2.45) is 0 Å². The number of hydrogen-bond acceptors (Lipinski definition) is 6. The van der Waals surface area contributed by atoms with E-state index in [0.717, 1.165) is 4.90 Å². The van der Waals surface area contributed by atoms with Gasteiger partial charge in [0.05, 0.1) is 54.6 Å². The Morgan fingerprint density at radius 2 is 1.75 bits per heavy atom. The van der Waals surface area contributed by atoms with E-state index in [9.17, 15) is 14.7 Å². The van der Waals surface area contributed by atoms with Crippen molar-refractivity contribution in [3.63, 3.8) is 0 Å². The molecular formula is C24H28N2O6. The van der Waals surface area contributed by atoms with Crippen molar-refractivity contribution in [2.45, 2.75) is 6.04 Å². The number of carbonyl (C=O) groups is 2. The van der Waals surface area contributed by atoms with Gasteiger partial charge in [-0.2, -0.15) is 0 Å². The molecule has 0 bridgehead atoms. The Kier molecular flexibility index (Phi) is 7.05. The van der Waals surface area contributed by atoms with Crippen LogP contribution in [0.2, 0.25) is 0 Å². The molecule has 0 aliphatic carbocycles. The molecule has 1 amide bonds. The molecule has 1 atom stereocenters. The van der Waals surface area contributed by atoms with Crippen molar-refractivity contribution in [2.75, 3.05) is 48.5 Å². The van der Waals surface area contributed by atoms with E-state index in [2.05, 4.69) is 0 Å². The van der Waals surface area contributed by atoms with Gasteiger partial charge in [-0.25, -0.2) is 0 Å². The molecule has 0 saturated carbocycles. The van der Waals surface area contributed by atoms with E-state index < -0.39 is 23.5 Å². The number of hydrogen-bond donors (Lipinski definition) is 1. The van der Waals surface area contributed by atoms with Crippen molar-refractivity contribution in [1.29, 1.82) is 0 Å². The van der Waals surface area contributed by atoms with Crippen LogP contribution in [0.1, 0.15) is 17.2 Å². The number of methoxy groups -OCH3 is 3. The van der Waals surface area contributed by atoms with Crippen LogP contribution in [-0.2, 0) is 9.59 Å². The maximum Gasteiger partial charge on any atom is 0.295 e. The Bertz CT molecular complexity index is 1050. The predicted octanol–water partition coefficient (Wildman–Crippen LogP) is 0.0809. The molecule has 170 valence electrons. The fraction of sp³-hybridized carbons (Fsp3) is 0.333. The molecule has 1 aliphatic heterocycles. The summed E-state index contributed by atoms with van der Waals surface area (Å²) in [5.74, 6) is -0.716. The highest BCUT2D eigenvalue weighted by Gasteiger charge is 2.45. The zero-order chi connectivity index (χ0) is 23.4. The zero-order valence-corrected chi connectivity index (χ0v) is 18.9. The van der Waals surface area contributed by atoms with E-state index in [-0.39, 0.29) is 11.1 Å². The van der Waals surface area contributed by atoms with Gasteiger partial charge in [0, 0.05) is 11.1 Å². The van der Waals surface area contributed by atoms with Crippen LogP contribution in [0.25, 0.3) is 5.76 Å². The third kappa shape index (κ3) is 4.27. The number of likely N-dealkylation sites (N-methyl/N-ethyl adjacent to an activating group) is 1. The Labute approximate surface area is 187 Å². The summed E-state index contributed by atoms with van der Waals surface area (Å²) >= 11 is 0. The van der Waals surface area contributed by atoms with Crippen LogP contribution in [0.15, 0.2) is 48.0 Å². The molecule has 0 spiro atoms. The quantitative estimate of drug-likeness (QED) is 0.355. The first-order chi connectivity index (χ1) is 15.3. The molecule has 1 aliphatic rings. The van der Waals surface area contributed by atoms with Crippen molar-refractivity contribution >= 4 is 17.4 Å². The van der Waals surface area contributed by atoms with Gasteiger partial charge in [-0.1, -0.05) is 30.0 Å². The number of nitrogens with one attached hydrogen (secondary N) is 1. The fourth-order valence-electron chi connectivity index (χ4n) is 3.82. The molecule has 1 unspecified atom stereocenters. The molecule has 3 rings (SSSR count). The first-order valence-electron chi connectivity index (χ1n) is 10.2. The second kappa shape index (κ2) is 9.74. The standard InChI is InChI=1S/C24H28N2O6/c1-25(2)12-13-26-20(17-10-7-11-18(31-4)23(17)32-5)19(22(28)24(26)29)21(27)15-8-6-9-16(14-15)30-3/h6-11,14,20,27H,12-13H2,1-5H3/b21-19+. The Balaban J connectivity index is 2.25. The Morgan fingerprint density at radius 3 is 2.38 bits per heavy atom. The summed E-state index contributed by atoms with van der Waals surface area (Å²) in [7, 11) is 8.39. The molecule has 2 aromatic rings. The highest BCUT2D eigenvalue weighted by molar-refractivity contribution is 6.46. The monoisotopic (exact) mass is 440 g/mol. The minimum atomic E-state index is -0.891. The van der Waals surface area contributed by atoms with Crippen LogP contribution in [0.5, 0.6) is 17.2 Å². The lowest BCUT2D eigenvalue weighted by Gasteiger charge is -2.29. The molecule has 1 fully saturated rings. The van der Waals surface area contributed by atoms with E-state index >= 15 is 0 Å². The minimum Gasteiger partial charge on any atom is -0.872 e. The van der Waals surface area contributed by atoms with Gasteiger partial charge >= 0.3 is 0 Å². The van der Waals surface area contributed by atoms with Crippen LogP contribution >= 0.6 is 0 Å². The molecule has 8 heteroatoms. The number of carbonyl (C=O) groups excluding carboxylic acids is 2. The lowest BCUT2D eigenvalue weighted by atomic mass is 9.94. The van der Waals surface area contributed by atoms with Gasteiger partial charge in [0.1, 0.15) is 5.75 Å². The van der Waals surface area contributed by atoms with Gasteiger partial charge in [-0.15, -0.1) is 0 Å². The highest BCUT2D eigenvalue weighted by atomic mass is 16.5. The first kappa shape index (κ1) is 23.1. The van der Waals surface area contributed by atoms with E-state index in [1.807, 2.05) is 14.1 Å². The average molecular weight is 440 g/mol. The summed E-state index contributed by atoms with van der Waals surface area (Å²) in [6, 6.07) is 10.8. The van der Waals surface area contributed by atoms with E-state index in [0.29, 0.717) is 35.9 Å². The second-order valence-electron chi connectivity index (χ2n) is 7.74. The van der Waals surface area contributed by atoms with Gasteiger partial charge in [-0.3, -0.25) is 9.59 Å². The largest absolute Gasteiger partial charge is 0.872 e. The van der Waals surface area contributed by atoms with Crippen LogP contribution in [0.4, 0.5) is 0 Å². The number of quaternary nitrogens is 1. The topological polar surface area (TPSA) is 92.6 Å². The molecule has 1 heterocycles. The number of rotatable bonds is 8. The number of likely N-dealkylation sites (tertiary alicyclic amines) is 1. The molecule has 0 aromatic heterocycles. The van der Waals surface area contributed by atoms with Crippen molar-refractivity contribution in [3.8, 4) is 17.2 Å². The van der Waals surface area contributed by atoms with Crippen LogP contribution in [0.3, 0.4) is 0 Å². The van der Waals surface area contributed by atoms with Gasteiger partial charge in [0.15, 0.2) is 11.5 Å². The summed E-state index contributed by atoms with van der Waals surface area (Å²) in [4.78, 5) is 28.7. The normalized spacial score (nSPS) is 17.7. The van der Waals surface area contributed by atoms with Gasteiger partial charge in [0.2, 0.25) is 5.78 Å². The molecule has 0 radical (unpaired) electrons. The third-order valence-electron chi connectivity index (χ3n) is 5.44. The van der Waals surface area contributed by atoms with Crippen molar-refractivity contribution in [1.82, 2.24) is 4.90 Å². The van der Waals surface area contributed by atoms with E-state index in [4.69, 9.17) is 14.2 Å². The van der Waals surface area contributed by atoms with Crippen molar-refractivity contribution in [3.05, 3.63) is 59.2 Å². The number of amides is 1. The van der Waals surface area contributed by atoms with Gasteiger partial charge < -0.3 is 29.1 Å². The molecule has 8 nitrogen and oxygen atoms in total. The lowest BCUT2D eigenvalue weighted by Crippen LogP contribution is -3.06. The lowest BCUT2D eigenvalue weighted by molar-refractivity contribution is -0.857. The van der Waals surface area contributed by atoms with Crippen LogP contribution in [-0.4, -0.2) is 65.1 Å². The van der Waals surface area contributed by atoms with E-state index in [1.165, 1.54) is 26.2 Å². The Morgan fingerprint density at radius 1 is 1.03 bits per heavy atom. The smallest absolute Gasteiger partial charge is 0.295 e. The maximum atomic E-state index is 13.5. The third-order valence-corrected chi connectivity index (χ3v) is 5.44. The average Bonchev–Trinajstić information content (AvgIpc) is 3.06. The van der Waals surface area contributed by atoms with Crippen molar-refractivity contribution < 1.29 is 33.8 Å².